The van der Waals surface area contributed by atoms with Gasteiger partial charge in [-0.05, 0) is 24.0 Å². The van der Waals surface area contributed by atoms with Crippen molar-refractivity contribution in [3.8, 4) is 5.75 Å². The molecule has 0 bridgehead atoms. The number of halogens is 1. The van der Waals surface area contributed by atoms with Crippen molar-refractivity contribution in [3.05, 3.63) is 29.8 Å². The average Bonchev–Trinajstić information content (AvgIpc) is 2.34. The second-order valence-corrected chi connectivity index (χ2v) is 5.46. The molecule has 2 heteroatoms. The van der Waals surface area contributed by atoms with Crippen molar-refractivity contribution in [3.63, 3.8) is 0 Å². The molecule has 0 amide bonds. The van der Waals surface area contributed by atoms with E-state index >= 15 is 0 Å². The maximum Gasteiger partial charge on any atom is 0.122 e. The topological polar surface area (TPSA) is 9.23 Å². The Labute approximate surface area is 114 Å². The van der Waals surface area contributed by atoms with E-state index in [4.69, 9.17) is 4.74 Å². The maximum atomic E-state index is 5.97. The number of para-hydroxylation sites is 1. The van der Waals surface area contributed by atoms with Gasteiger partial charge in [-0.25, -0.2) is 0 Å². The van der Waals surface area contributed by atoms with Crippen LogP contribution in [0.15, 0.2) is 24.3 Å². The predicted octanol–water partition coefficient (Wildman–Crippen LogP) is 5.00. The Morgan fingerprint density at radius 1 is 1.24 bits per heavy atom. The largest absolute Gasteiger partial charge is 0.493 e. The van der Waals surface area contributed by atoms with Gasteiger partial charge in [-0.15, -0.1) is 0 Å². The van der Waals surface area contributed by atoms with Crippen molar-refractivity contribution in [1.29, 1.82) is 0 Å². The molecule has 0 saturated carbocycles. The van der Waals surface area contributed by atoms with Gasteiger partial charge in [0.05, 0.1) is 6.61 Å². The summed E-state index contributed by atoms with van der Waals surface area (Å²) in [6, 6.07) is 8.36. The molecule has 1 nitrogen and oxygen atoms in total. The molecule has 1 aromatic rings. The summed E-state index contributed by atoms with van der Waals surface area (Å²) in [6.45, 7) is 7.44. The van der Waals surface area contributed by atoms with E-state index in [2.05, 4.69) is 54.9 Å². The van der Waals surface area contributed by atoms with Crippen LogP contribution in [0.2, 0.25) is 0 Å². The molecule has 0 N–H and O–H groups in total. The zero-order chi connectivity index (χ0) is 12.7. The van der Waals surface area contributed by atoms with Crippen LogP contribution in [0, 0.1) is 5.92 Å². The van der Waals surface area contributed by atoms with Gasteiger partial charge in [0.1, 0.15) is 5.75 Å². The minimum atomic E-state index is 0.514. The monoisotopic (exact) mass is 298 g/mol. The minimum Gasteiger partial charge on any atom is -0.493 e. The first kappa shape index (κ1) is 14.6. The summed E-state index contributed by atoms with van der Waals surface area (Å²) in [4.78, 5) is 0. The SMILES string of the molecule is CCCC(CBr)COc1ccccc1C(C)C. The van der Waals surface area contributed by atoms with Crippen molar-refractivity contribution >= 4 is 15.9 Å². The molecule has 1 atom stereocenters. The first-order valence-corrected chi connectivity index (χ1v) is 7.58. The Bertz CT molecular complexity index is 322. The summed E-state index contributed by atoms with van der Waals surface area (Å²) in [6.07, 6.45) is 2.43. The van der Waals surface area contributed by atoms with Crippen LogP contribution in [0.3, 0.4) is 0 Å². The quantitative estimate of drug-likeness (QED) is 0.644. The molecular weight excluding hydrogens is 276 g/mol. The van der Waals surface area contributed by atoms with Crippen LogP contribution in [-0.4, -0.2) is 11.9 Å². The van der Waals surface area contributed by atoms with Crippen LogP contribution in [0.1, 0.15) is 45.1 Å². The molecule has 0 saturated heterocycles. The highest BCUT2D eigenvalue weighted by molar-refractivity contribution is 9.09. The Hall–Kier alpha value is -0.500. The van der Waals surface area contributed by atoms with Crippen molar-refractivity contribution in [1.82, 2.24) is 0 Å². The molecule has 0 aliphatic carbocycles. The number of hydrogen-bond donors (Lipinski definition) is 0. The highest BCUT2D eigenvalue weighted by Gasteiger charge is 2.10. The second-order valence-electron chi connectivity index (χ2n) is 4.81. The van der Waals surface area contributed by atoms with Gasteiger partial charge in [-0.1, -0.05) is 61.3 Å². The van der Waals surface area contributed by atoms with E-state index in [9.17, 15) is 0 Å². The lowest BCUT2D eigenvalue weighted by Gasteiger charge is -2.17. The molecule has 1 aromatic carbocycles. The third-order valence-electron chi connectivity index (χ3n) is 2.93. The van der Waals surface area contributed by atoms with Gasteiger partial charge in [0.25, 0.3) is 0 Å². The summed E-state index contributed by atoms with van der Waals surface area (Å²) >= 11 is 3.56. The lowest BCUT2D eigenvalue weighted by molar-refractivity contribution is 0.252. The fourth-order valence-corrected chi connectivity index (χ4v) is 2.42. The van der Waals surface area contributed by atoms with Gasteiger partial charge in [0.15, 0.2) is 0 Å². The maximum absolute atomic E-state index is 5.97. The van der Waals surface area contributed by atoms with E-state index in [0.717, 1.165) is 17.7 Å². The van der Waals surface area contributed by atoms with Crippen molar-refractivity contribution in [2.45, 2.75) is 39.5 Å². The standard InChI is InChI=1S/C15H23BrO/c1-4-7-13(10-16)11-17-15-9-6-5-8-14(15)12(2)3/h5-6,8-9,12-13H,4,7,10-11H2,1-3H3. The van der Waals surface area contributed by atoms with E-state index in [1.54, 1.807) is 0 Å². The van der Waals surface area contributed by atoms with Crippen molar-refractivity contribution < 1.29 is 4.74 Å². The molecule has 0 aliphatic rings. The fraction of sp³-hybridized carbons (Fsp3) is 0.600. The first-order chi connectivity index (χ1) is 8.19. The number of hydrogen-bond acceptors (Lipinski definition) is 1. The molecule has 17 heavy (non-hydrogen) atoms. The molecule has 0 aromatic heterocycles. The number of ether oxygens (including phenoxy) is 1. The van der Waals surface area contributed by atoms with Crippen LogP contribution in [0.4, 0.5) is 0 Å². The van der Waals surface area contributed by atoms with Gasteiger partial charge in [0, 0.05) is 11.2 Å². The Balaban J connectivity index is 2.61. The summed E-state index contributed by atoms with van der Waals surface area (Å²) in [5.74, 6) is 2.17. The Morgan fingerprint density at radius 2 is 1.94 bits per heavy atom. The summed E-state index contributed by atoms with van der Waals surface area (Å²) in [5, 5.41) is 1.02. The van der Waals surface area contributed by atoms with E-state index < -0.39 is 0 Å². The zero-order valence-corrected chi connectivity index (χ0v) is 12.7. The van der Waals surface area contributed by atoms with E-state index in [1.165, 1.54) is 18.4 Å². The minimum absolute atomic E-state index is 0.514. The van der Waals surface area contributed by atoms with E-state index in [1.807, 2.05) is 6.07 Å². The lowest BCUT2D eigenvalue weighted by Crippen LogP contribution is -2.14. The van der Waals surface area contributed by atoms with Crippen LogP contribution in [-0.2, 0) is 0 Å². The van der Waals surface area contributed by atoms with Crippen molar-refractivity contribution in [2.75, 3.05) is 11.9 Å². The molecule has 0 spiro atoms. The molecule has 0 aliphatic heterocycles. The number of rotatable bonds is 7. The predicted molar refractivity (Wildman–Crippen MR) is 78.2 cm³/mol. The Kier molecular flexibility index (Phi) is 6.64. The molecular formula is C15H23BrO. The molecule has 0 radical (unpaired) electrons. The summed E-state index contributed by atoms with van der Waals surface area (Å²) in [5.41, 5.74) is 1.30. The smallest absolute Gasteiger partial charge is 0.122 e. The molecule has 1 rings (SSSR count). The summed E-state index contributed by atoms with van der Waals surface area (Å²) < 4.78 is 5.97. The van der Waals surface area contributed by atoms with Crippen LogP contribution >= 0.6 is 15.9 Å². The number of alkyl halides is 1. The fourth-order valence-electron chi connectivity index (χ4n) is 1.91. The third kappa shape index (κ3) is 4.71. The highest BCUT2D eigenvalue weighted by atomic mass is 79.9. The van der Waals surface area contributed by atoms with Gasteiger partial charge < -0.3 is 4.74 Å². The van der Waals surface area contributed by atoms with Crippen molar-refractivity contribution in [2.24, 2.45) is 5.92 Å². The van der Waals surface area contributed by atoms with Crippen LogP contribution in [0.25, 0.3) is 0 Å². The number of benzene rings is 1. The molecule has 96 valence electrons. The van der Waals surface area contributed by atoms with Gasteiger partial charge in [-0.2, -0.15) is 0 Å². The van der Waals surface area contributed by atoms with Crippen LogP contribution < -0.4 is 4.74 Å². The van der Waals surface area contributed by atoms with Crippen LogP contribution in [0.5, 0.6) is 5.75 Å². The lowest BCUT2D eigenvalue weighted by atomic mass is 10.0. The molecule has 1 unspecified atom stereocenters. The van der Waals surface area contributed by atoms with E-state index in [0.29, 0.717) is 11.8 Å². The third-order valence-corrected chi connectivity index (χ3v) is 3.85. The second kappa shape index (κ2) is 7.75. The first-order valence-electron chi connectivity index (χ1n) is 6.46. The molecule has 0 fully saturated rings. The average molecular weight is 299 g/mol. The van der Waals surface area contributed by atoms with Gasteiger partial charge in [0.2, 0.25) is 0 Å². The Morgan fingerprint density at radius 3 is 2.53 bits per heavy atom. The highest BCUT2D eigenvalue weighted by Crippen LogP contribution is 2.26. The van der Waals surface area contributed by atoms with Gasteiger partial charge >= 0.3 is 0 Å². The summed E-state index contributed by atoms with van der Waals surface area (Å²) in [7, 11) is 0. The molecule has 0 heterocycles. The van der Waals surface area contributed by atoms with Gasteiger partial charge in [-0.3, -0.25) is 0 Å². The zero-order valence-electron chi connectivity index (χ0n) is 11.1. The normalized spacial score (nSPS) is 12.8. The van der Waals surface area contributed by atoms with E-state index in [-0.39, 0.29) is 0 Å².